The lowest BCUT2D eigenvalue weighted by Gasteiger charge is -2.27. The molecule has 0 atom stereocenters. The van der Waals surface area contributed by atoms with Crippen LogP contribution in [0.25, 0.3) is 0 Å². The number of unbranched alkanes of at least 4 members (excludes halogenated alkanes) is 4. The first-order valence-corrected chi connectivity index (χ1v) is 12.1. The first-order chi connectivity index (χ1) is 11.2. The molecule has 1 aromatic rings. The van der Waals surface area contributed by atoms with Crippen LogP contribution in [0.4, 0.5) is 4.39 Å². The van der Waals surface area contributed by atoms with Crippen LogP contribution in [0, 0.1) is 11.7 Å². The van der Waals surface area contributed by atoms with Crippen LogP contribution in [0.15, 0.2) is 18.2 Å². The molecule has 0 radical (unpaired) electrons. The van der Waals surface area contributed by atoms with Crippen molar-refractivity contribution in [1.82, 2.24) is 0 Å². The summed E-state index contributed by atoms with van der Waals surface area (Å²) in [6.45, 7) is 3.00. The summed E-state index contributed by atoms with van der Waals surface area (Å²) in [5, 5.41) is 0.155. The van der Waals surface area contributed by atoms with E-state index in [9.17, 15) is 4.39 Å². The molecule has 0 aromatic heterocycles. The topological polar surface area (TPSA) is 9.23 Å². The Hall–Kier alpha value is -0.543. The minimum atomic E-state index is -0.463. The van der Waals surface area contributed by atoms with Gasteiger partial charge in [-0.1, -0.05) is 68.8 Å². The van der Waals surface area contributed by atoms with Crippen molar-refractivity contribution in [3.05, 3.63) is 29.0 Å². The second-order valence-corrected chi connectivity index (χ2v) is 10.8. The zero-order valence-electron chi connectivity index (χ0n) is 14.3. The Kier molecular flexibility index (Phi) is 8.45. The second-order valence-electron chi connectivity index (χ2n) is 6.98. The summed E-state index contributed by atoms with van der Waals surface area (Å²) >= 11 is 5.69. The highest BCUT2D eigenvalue weighted by atomic mass is 35.5. The lowest BCUT2D eigenvalue weighted by molar-refractivity contribution is 0.235. The molecule has 1 aromatic carbocycles. The molecule has 0 unspecified atom stereocenters. The van der Waals surface area contributed by atoms with E-state index in [1.807, 2.05) is 0 Å². The van der Waals surface area contributed by atoms with E-state index >= 15 is 0 Å². The van der Waals surface area contributed by atoms with Crippen LogP contribution < -0.4 is 4.74 Å². The normalized spacial score (nSPS) is 21.3. The maximum absolute atomic E-state index is 13.4. The summed E-state index contributed by atoms with van der Waals surface area (Å²) in [5.74, 6) is 0.850. The lowest BCUT2D eigenvalue weighted by Crippen LogP contribution is -2.24. The number of hydrogen-bond donors (Lipinski definition) is 0. The van der Waals surface area contributed by atoms with Crippen molar-refractivity contribution < 1.29 is 9.13 Å². The number of hydrogen-bond acceptors (Lipinski definition) is 1. The quantitative estimate of drug-likeness (QED) is 0.364. The number of rotatable bonds is 9. The van der Waals surface area contributed by atoms with Gasteiger partial charge in [-0.3, -0.25) is 0 Å². The third-order valence-corrected chi connectivity index (χ3v) is 8.89. The Morgan fingerprint density at radius 2 is 1.91 bits per heavy atom. The molecule has 1 saturated heterocycles. The smallest absolute Gasteiger partial charge is 0.145 e. The van der Waals surface area contributed by atoms with Gasteiger partial charge < -0.3 is 4.74 Å². The third kappa shape index (κ3) is 6.84. The Bertz CT molecular complexity index is 461. The summed E-state index contributed by atoms with van der Waals surface area (Å²) in [7, 11) is -0.463. The standard InChI is InChI=1S/C19H30ClFOSi/c1-2-3-4-5-6-11-23-12-9-16(10-13-23)15-22-17-7-8-18(20)19(21)14-17/h7-8,14,16,23H,2-6,9-13,15H2,1H3/t16-,23-. The summed E-state index contributed by atoms with van der Waals surface area (Å²) in [5.41, 5.74) is 0. The van der Waals surface area contributed by atoms with Crippen LogP contribution in [0.1, 0.15) is 51.9 Å². The third-order valence-electron chi connectivity index (χ3n) is 5.06. The van der Waals surface area contributed by atoms with Crippen LogP contribution in [0.5, 0.6) is 5.75 Å². The maximum Gasteiger partial charge on any atom is 0.145 e. The number of ether oxygens (including phenoxy) is 1. The monoisotopic (exact) mass is 356 g/mol. The molecule has 1 aliphatic rings. The highest BCUT2D eigenvalue weighted by molar-refractivity contribution is 6.58. The first kappa shape index (κ1) is 18.8. The number of halogens is 2. The van der Waals surface area contributed by atoms with Gasteiger partial charge in [-0.05, 0) is 30.9 Å². The molecule has 23 heavy (non-hydrogen) atoms. The van der Waals surface area contributed by atoms with E-state index in [1.54, 1.807) is 18.2 Å². The van der Waals surface area contributed by atoms with Crippen molar-refractivity contribution in [3.63, 3.8) is 0 Å². The number of benzene rings is 1. The summed E-state index contributed by atoms with van der Waals surface area (Å²) in [6.07, 6.45) is 9.67. The molecule has 0 amide bonds. The van der Waals surface area contributed by atoms with E-state index in [-0.39, 0.29) is 5.02 Å². The molecule has 1 aliphatic heterocycles. The van der Waals surface area contributed by atoms with Crippen molar-refractivity contribution in [2.24, 2.45) is 5.92 Å². The van der Waals surface area contributed by atoms with Crippen molar-refractivity contribution in [1.29, 1.82) is 0 Å². The molecule has 0 spiro atoms. The van der Waals surface area contributed by atoms with Crippen LogP contribution >= 0.6 is 11.6 Å². The molecule has 1 heterocycles. The fraction of sp³-hybridized carbons (Fsp3) is 0.684. The first-order valence-electron chi connectivity index (χ1n) is 9.27. The highest BCUT2D eigenvalue weighted by Gasteiger charge is 2.22. The molecule has 1 fully saturated rings. The van der Waals surface area contributed by atoms with Gasteiger partial charge in [0.25, 0.3) is 0 Å². The predicted molar refractivity (Wildman–Crippen MR) is 100.0 cm³/mol. The summed E-state index contributed by atoms with van der Waals surface area (Å²) in [4.78, 5) is 0. The predicted octanol–water partition coefficient (Wildman–Crippen LogP) is 6.47. The molecule has 0 bridgehead atoms. The zero-order valence-corrected chi connectivity index (χ0v) is 16.2. The summed E-state index contributed by atoms with van der Waals surface area (Å²) in [6, 6.07) is 9.18. The van der Waals surface area contributed by atoms with Gasteiger partial charge in [0.2, 0.25) is 0 Å². The molecule has 4 heteroatoms. The molecule has 130 valence electrons. The average Bonchev–Trinajstić information content (AvgIpc) is 2.57. The van der Waals surface area contributed by atoms with Crippen molar-refractivity contribution in [3.8, 4) is 5.75 Å². The minimum absolute atomic E-state index is 0.155. The van der Waals surface area contributed by atoms with Gasteiger partial charge >= 0.3 is 0 Å². The van der Waals surface area contributed by atoms with E-state index in [2.05, 4.69) is 6.92 Å². The van der Waals surface area contributed by atoms with Gasteiger partial charge in [0.05, 0.1) is 11.6 Å². The molecule has 2 rings (SSSR count). The lowest BCUT2D eigenvalue weighted by atomic mass is 10.0. The van der Waals surface area contributed by atoms with Gasteiger partial charge in [-0.2, -0.15) is 0 Å². The van der Waals surface area contributed by atoms with Gasteiger partial charge in [-0.25, -0.2) is 4.39 Å². The van der Waals surface area contributed by atoms with Crippen LogP contribution in [-0.2, 0) is 0 Å². The van der Waals surface area contributed by atoms with Crippen molar-refractivity contribution in [2.45, 2.75) is 70.0 Å². The molecular weight excluding hydrogens is 327 g/mol. The van der Waals surface area contributed by atoms with E-state index in [4.69, 9.17) is 16.3 Å². The van der Waals surface area contributed by atoms with Gasteiger partial charge in [0.15, 0.2) is 0 Å². The molecule has 1 nitrogen and oxygen atoms in total. The van der Waals surface area contributed by atoms with E-state index in [0.717, 1.165) is 6.61 Å². The van der Waals surface area contributed by atoms with Gasteiger partial charge in [-0.15, -0.1) is 0 Å². The fourth-order valence-electron chi connectivity index (χ4n) is 3.50. The Labute approximate surface area is 147 Å². The molecule has 0 N–H and O–H groups in total. The highest BCUT2D eigenvalue weighted by Crippen LogP contribution is 2.29. The zero-order chi connectivity index (χ0) is 16.5. The Morgan fingerprint density at radius 1 is 1.17 bits per heavy atom. The SMILES string of the molecule is CCCCCCC[Si@H]1CC[C@H](COc2ccc(Cl)c(F)c2)CC1. The minimum Gasteiger partial charge on any atom is -0.493 e. The largest absolute Gasteiger partial charge is 0.493 e. The Balaban J connectivity index is 1.60. The van der Waals surface area contributed by atoms with Crippen LogP contribution in [0.3, 0.4) is 0 Å². The fourth-order valence-corrected chi connectivity index (χ4v) is 7.24. The summed E-state index contributed by atoms with van der Waals surface area (Å²) < 4.78 is 19.1. The van der Waals surface area contributed by atoms with Gasteiger partial charge in [0.1, 0.15) is 11.6 Å². The van der Waals surface area contributed by atoms with E-state index in [1.165, 1.54) is 63.1 Å². The van der Waals surface area contributed by atoms with E-state index < -0.39 is 14.6 Å². The molecule has 0 saturated carbocycles. The van der Waals surface area contributed by atoms with Crippen LogP contribution in [0.2, 0.25) is 23.2 Å². The van der Waals surface area contributed by atoms with E-state index in [0.29, 0.717) is 11.7 Å². The second kappa shape index (κ2) is 10.3. The van der Waals surface area contributed by atoms with Gasteiger partial charge in [0, 0.05) is 14.9 Å². The molecular formula is C19H30ClFOSi. The van der Waals surface area contributed by atoms with Crippen molar-refractivity contribution in [2.75, 3.05) is 6.61 Å². The Morgan fingerprint density at radius 3 is 2.61 bits per heavy atom. The maximum atomic E-state index is 13.4. The van der Waals surface area contributed by atoms with Crippen LogP contribution in [-0.4, -0.2) is 15.4 Å². The van der Waals surface area contributed by atoms with Crippen molar-refractivity contribution >= 4 is 20.4 Å². The average molecular weight is 357 g/mol. The molecule has 0 aliphatic carbocycles.